The minimum absolute atomic E-state index is 0.0637. The maximum atomic E-state index is 11.0. The summed E-state index contributed by atoms with van der Waals surface area (Å²) in [5.41, 5.74) is 2.39. The highest BCUT2D eigenvalue weighted by molar-refractivity contribution is 5.47. The van der Waals surface area contributed by atoms with Gasteiger partial charge in [-0.3, -0.25) is 0 Å². The second-order valence-electron chi connectivity index (χ2n) is 7.76. The quantitative estimate of drug-likeness (QED) is 0.436. The van der Waals surface area contributed by atoms with Gasteiger partial charge < -0.3 is 9.84 Å². The van der Waals surface area contributed by atoms with Crippen LogP contribution in [0.2, 0.25) is 0 Å². The Labute approximate surface area is 173 Å². The van der Waals surface area contributed by atoms with E-state index in [0.717, 1.165) is 36.0 Å². The van der Waals surface area contributed by atoms with Crippen molar-refractivity contribution in [3.63, 3.8) is 0 Å². The number of aliphatic hydroxyl groups is 1. The molecule has 1 fully saturated rings. The Kier molecular flexibility index (Phi) is 5.94. The first-order valence-corrected chi connectivity index (χ1v) is 10.4. The summed E-state index contributed by atoms with van der Waals surface area (Å²) in [5, 5.41) is 11.0. The van der Waals surface area contributed by atoms with Gasteiger partial charge in [0.1, 0.15) is 5.60 Å². The van der Waals surface area contributed by atoms with Crippen molar-refractivity contribution in [3.8, 4) is 0 Å². The van der Waals surface area contributed by atoms with Crippen molar-refractivity contribution in [2.24, 2.45) is 5.92 Å². The van der Waals surface area contributed by atoms with E-state index in [1.165, 1.54) is 0 Å². The van der Waals surface area contributed by atoms with E-state index in [9.17, 15) is 5.11 Å². The van der Waals surface area contributed by atoms with Gasteiger partial charge in [-0.15, -0.1) is 6.58 Å². The molecule has 0 spiro atoms. The Morgan fingerprint density at radius 1 is 0.759 bits per heavy atom. The van der Waals surface area contributed by atoms with Gasteiger partial charge in [0, 0.05) is 5.92 Å². The van der Waals surface area contributed by atoms with Crippen LogP contribution in [-0.2, 0) is 10.3 Å². The molecule has 1 saturated carbocycles. The van der Waals surface area contributed by atoms with Crippen LogP contribution in [0, 0.1) is 5.92 Å². The Bertz CT molecular complexity index is 808. The van der Waals surface area contributed by atoms with Crippen LogP contribution in [0.25, 0.3) is 0 Å². The van der Waals surface area contributed by atoms with E-state index in [-0.39, 0.29) is 12.0 Å². The Morgan fingerprint density at radius 3 is 1.62 bits per heavy atom. The Balaban J connectivity index is 1.89. The fourth-order valence-electron chi connectivity index (χ4n) is 4.51. The van der Waals surface area contributed by atoms with Crippen molar-refractivity contribution in [2.45, 2.75) is 37.1 Å². The predicted molar refractivity (Wildman–Crippen MR) is 118 cm³/mol. The molecule has 3 unspecified atom stereocenters. The lowest BCUT2D eigenvalue weighted by Crippen LogP contribution is -2.45. The lowest BCUT2D eigenvalue weighted by Gasteiger charge is -2.43. The second-order valence-corrected chi connectivity index (χ2v) is 7.76. The molecule has 0 saturated heterocycles. The Morgan fingerprint density at radius 2 is 1.21 bits per heavy atom. The minimum atomic E-state index is -0.793. The van der Waals surface area contributed by atoms with E-state index >= 15 is 0 Å². The summed E-state index contributed by atoms with van der Waals surface area (Å²) in [6.45, 7) is 3.92. The van der Waals surface area contributed by atoms with Crippen LogP contribution in [0.15, 0.2) is 104 Å². The molecule has 4 rings (SSSR count). The third-order valence-electron chi connectivity index (χ3n) is 6.02. The zero-order valence-electron chi connectivity index (χ0n) is 16.7. The van der Waals surface area contributed by atoms with Crippen LogP contribution in [0.4, 0.5) is 0 Å². The van der Waals surface area contributed by atoms with E-state index in [1.54, 1.807) is 0 Å². The number of benzene rings is 3. The molecule has 3 aromatic carbocycles. The zero-order chi connectivity index (χ0) is 20.1. The summed E-state index contributed by atoms with van der Waals surface area (Å²) >= 11 is 0. The molecule has 1 aliphatic carbocycles. The molecular formula is C27H28O2. The number of aliphatic hydroxyl groups excluding tert-OH is 1. The van der Waals surface area contributed by atoms with Gasteiger partial charge in [-0.1, -0.05) is 103 Å². The van der Waals surface area contributed by atoms with E-state index in [2.05, 4.69) is 43.0 Å². The van der Waals surface area contributed by atoms with Crippen molar-refractivity contribution in [3.05, 3.63) is 120 Å². The maximum absolute atomic E-state index is 11.0. The van der Waals surface area contributed by atoms with Crippen molar-refractivity contribution >= 4 is 0 Å². The summed E-state index contributed by atoms with van der Waals surface area (Å²) in [5.74, 6) is 0.0637. The third kappa shape index (κ3) is 3.78. The summed E-state index contributed by atoms with van der Waals surface area (Å²) in [7, 11) is 0. The molecule has 0 amide bonds. The molecule has 2 nitrogen and oxygen atoms in total. The number of hydrogen-bond donors (Lipinski definition) is 1. The first-order valence-electron chi connectivity index (χ1n) is 10.4. The fraction of sp³-hybridized carbons (Fsp3) is 0.259. The van der Waals surface area contributed by atoms with Gasteiger partial charge in [-0.2, -0.15) is 0 Å². The van der Waals surface area contributed by atoms with Gasteiger partial charge >= 0.3 is 0 Å². The van der Waals surface area contributed by atoms with Gasteiger partial charge in [0.25, 0.3) is 0 Å². The number of hydrogen-bond acceptors (Lipinski definition) is 2. The van der Waals surface area contributed by atoms with Crippen molar-refractivity contribution in [1.29, 1.82) is 0 Å². The monoisotopic (exact) mass is 384 g/mol. The minimum Gasteiger partial charge on any atom is -0.390 e. The molecule has 0 bridgehead atoms. The van der Waals surface area contributed by atoms with Crippen molar-refractivity contribution < 1.29 is 9.84 Å². The third-order valence-corrected chi connectivity index (χ3v) is 6.02. The predicted octanol–water partition coefficient (Wildman–Crippen LogP) is 5.71. The first-order chi connectivity index (χ1) is 14.3. The van der Waals surface area contributed by atoms with Crippen LogP contribution in [0.1, 0.15) is 36.0 Å². The largest absolute Gasteiger partial charge is 0.390 e. The van der Waals surface area contributed by atoms with Crippen LogP contribution >= 0.6 is 0 Å². The highest BCUT2D eigenvalue weighted by atomic mass is 16.5. The number of rotatable bonds is 6. The molecule has 0 radical (unpaired) electrons. The maximum Gasteiger partial charge on any atom is 0.144 e. The van der Waals surface area contributed by atoms with E-state index in [1.807, 2.05) is 60.7 Å². The van der Waals surface area contributed by atoms with Crippen LogP contribution < -0.4 is 0 Å². The molecule has 0 aromatic heterocycles. The molecular weight excluding hydrogens is 356 g/mol. The molecule has 2 heteroatoms. The zero-order valence-corrected chi connectivity index (χ0v) is 16.7. The fourth-order valence-corrected chi connectivity index (χ4v) is 4.51. The average Bonchev–Trinajstić information content (AvgIpc) is 2.80. The van der Waals surface area contributed by atoms with Gasteiger partial charge in [-0.05, 0) is 29.5 Å². The first kappa shape index (κ1) is 19.6. The molecule has 0 aliphatic heterocycles. The normalized spacial score (nSPS) is 22.2. The van der Waals surface area contributed by atoms with Gasteiger partial charge in [0.2, 0.25) is 0 Å². The smallest absolute Gasteiger partial charge is 0.144 e. The van der Waals surface area contributed by atoms with Crippen LogP contribution in [0.5, 0.6) is 0 Å². The van der Waals surface area contributed by atoms with Gasteiger partial charge in [-0.25, -0.2) is 0 Å². The van der Waals surface area contributed by atoms with E-state index < -0.39 is 11.7 Å². The molecule has 0 heterocycles. The van der Waals surface area contributed by atoms with Gasteiger partial charge in [0.05, 0.1) is 12.2 Å². The summed E-state index contributed by atoms with van der Waals surface area (Å²) in [4.78, 5) is 0. The Hall–Kier alpha value is -2.68. The van der Waals surface area contributed by atoms with E-state index in [4.69, 9.17) is 4.74 Å². The highest BCUT2D eigenvalue weighted by Crippen LogP contribution is 2.43. The summed E-state index contributed by atoms with van der Waals surface area (Å²) in [6, 6.07) is 31.0. The standard InChI is InChI=1S/C27H28O2/c1-2-21-13-12-20-25(26(21)28)29-27(22-14-6-3-7-15-22,23-16-8-4-9-17-23)24-18-10-5-11-19-24/h2-11,14-19,21,25-26,28H,1,12-13,20H2. The molecule has 29 heavy (non-hydrogen) atoms. The lowest BCUT2D eigenvalue weighted by molar-refractivity contribution is -0.128. The summed E-state index contributed by atoms with van der Waals surface area (Å²) in [6.07, 6.45) is 3.85. The lowest BCUT2D eigenvalue weighted by atomic mass is 9.78. The molecule has 148 valence electrons. The van der Waals surface area contributed by atoms with Gasteiger partial charge in [0.15, 0.2) is 0 Å². The molecule has 3 atom stereocenters. The SMILES string of the molecule is C=CC1CCCC(OC(c2ccccc2)(c2ccccc2)c2ccccc2)C1O. The average molecular weight is 385 g/mol. The topological polar surface area (TPSA) is 29.5 Å². The molecule has 3 aromatic rings. The van der Waals surface area contributed by atoms with Crippen molar-refractivity contribution in [1.82, 2.24) is 0 Å². The summed E-state index contributed by atoms with van der Waals surface area (Å²) < 4.78 is 6.98. The second kappa shape index (κ2) is 8.77. The number of ether oxygens (including phenoxy) is 1. The van der Waals surface area contributed by atoms with E-state index in [0.29, 0.717) is 0 Å². The molecule has 1 aliphatic rings. The molecule has 1 N–H and O–H groups in total. The van der Waals surface area contributed by atoms with Crippen LogP contribution in [-0.4, -0.2) is 17.3 Å². The van der Waals surface area contributed by atoms with Crippen molar-refractivity contribution in [2.75, 3.05) is 0 Å². The highest BCUT2D eigenvalue weighted by Gasteiger charge is 2.43. The van der Waals surface area contributed by atoms with Crippen LogP contribution in [0.3, 0.4) is 0 Å².